The Hall–Kier alpha value is -2.22. The zero-order chi connectivity index (χ0) is 15.1. The predicted molar refractivity (Wildman–Crippen MR) is 74.1 cm³/mol. The van der Waals surface area contributed by atoms with Crippen LogP contribution in [0.4, 0.5) is 11.5 Å². The van der Waals surface area contributed by atoms with E-state index in [0.717, 1.165) is 31.9 Å². The second-order valence-electron chi connectivity index (χ2n) is 4.11. The minimum Gasteiger partial charge on any atom is -0.478 e. The van der Waals surface area contributed by atoms with E-state index in [0.29, 0.717) is 6.54 Å². The van der Waals surface area contributed by atoms with Crippen LogP contribution < -0.4 is 5.32 Å². The van der Waals surface area contributed by atoms with Gasteiger partial charge in [0.1, 0.15) is 0 Å². The highest BCUT2D eigenvalue weighted by Gasteiger charge is 2.18. The molecule has 0 saturated heterocycles. The minimum atomic E-state index is -1.24. The molecule has 0 unspecified atom stereocenters. The third-order valence-corrected chi connectivity index (χ3v) is 2.93. The van der Waals surface area contributed by atoms with Crippen molar-refractivity contribution in [3.63, 3.8) is 0 Å². The molecule has 110 valence electrons. The monoisotopic (exact) mass is 282 g/mol. The van der Waals surface area contributed by atoms with Crippen molar-refractivity contribution in [3.8, 4) is 0 Å². The molecule has 1 heterocycles. The fourth-order valence-corrected chi connectivity index (χ4v) is 1.72. The van der Waals surface area contributed by atoms with Crippen molar-refractivity contribution in [1.29, 1.82) is 0 Å². The lowest BCUT2D eigenvalue weighted by molar-refractivity contribution is -0.384. The van der Waals surface area contributed by atoms with Gasteiger partial charge in [-0.2, -0.15) is 0 Å². The van der Waals surface area contributed by atoms with Gasteiger partial charge in [-0.3, -0.25) is 10.1 Å². The van der Waals surface area contributed by atoms with Gasteiger partial charge in [-0.05, 0) is 13.1 Å². The van der Waals surface area contributed by atoms with Gasteiger partial charge in [-0.15, -0.1) is 0 Å². The quantitative estimate of drug-likeness (QED) is 0.548. The molecule has 0 fully saturated rings. The van der Waals surface area contributed by atoms with Crippen LogP contribution in [0.3, 0.4) is 0 Å². The Balaban J connectivity index is 2.79. The van der Waals surface area contributed by atoms with E-state index in [-0.39, 0.29) is 17.1 Å². The number of pyridine rings is 1. The Labute approximate surface area is 116 Å². The lowest BCUT2D eigenvalue weighted by Gasteiger charge is -2.18. The van der Waals surface area contributed by atoms with Gasteiger partial charge < -0.3 is 15.3 Å². The Kier molecular flexibility index (Phi) is 5.85. The maximum atomic E-state index is 10.9. The number of hydrogen-bond donors (Lipinski definition) is 2. The molecule has 1 aromatic rings. The molecule has 0 spiro atoms. The molecule has 0 bridgehead atoms. The van der Waals surface area contributed by atoms with Gasteiger partial charge in [0, 0.05) is 25.4 Å². The SMILES string of the molecule is CCN(CC)CCNc1ncc(C(=O)O)cc1[N+](=O)[O-]. The van der Waals surface area contributed by atoms with Gasteiger partial charge in [0.15, 0.2) is 0 Å². The van der Waals surface area contributed by atoms with Crippen LogP contribution >= 0.6 is 0 Å². The smallest absolute Gasteiger partial charge is 0.337 e. The molecule has 2 N–H and O–H groups in total. The highest BCUT2D eigenvalue weighted by molar-refractivity contribution is 5.88. The van der Waals surface area contributed by atoms with Crippen molar-refractivity contribution in [3.05, 3.63) is 27.9 Å². The first-order chi connectivity index (χ1) is 9.49. The van der Waals surface area contributed by atoms with E-state index >= 15 is 0 Å². The van der Waals surface area contributed by atoms with Gasteiger partial charge in [0.2, 0.25) is 5.82 Å². The molecule has 0 aromatic carbocycles. The van der Waals surface area contributed by atoms with Crippen LogP contribution in [0.15, 0.2) is 12.3 Å². The molecule has 0 saturated carbocycles. The first kappa shape index (κ1) is 15.8. The van der Waals surface area contributed by atoms with E-state index in [4.69, 9.17) is 5.11 Å². The van der Waals surface area contributed by atoms with Crippen molar-refractivity contribution in [2.24, 2.45) is 0 Å². The molecule has 0 radical (unpaired) electrons. The molecule has 8 heteroatoms. The largest absolute Gasteiger partial charge is 0.478 e. The average molecular weight is 282 g/mol. The number of carboxylic acid groups (broad SMARTS) is 1. The summed E-state index contributed by atoms with van der Waals surface area (Å²) in [5.74, 6) is -1.15. The van der Waals surface area contributed by atoms with Crippen LogP contribution in [0.25, 0.3) is 0 Å². The van der Waals surface area contributed by atoms with Crippen molar-refractivity contribution >= 4 is 17.5 Å². The van der Waals surface area contributed by atoms with Crippen LogP contribution in [-0.2, 0) is 0 Å². The van der Waals surface area contributed by atoms with Gasteiger partial charge in [0.25, 0.3) is 0 Å². The summed E-state index contributed by atoms with van der Waals surface area (Å²) in [5.41, 5.74) is -0.532. The van der Waals surface area contributed by atoms with Crippen LogP contribution in [0.2, 0.25) is 0 Å². The van der Waals surface area contributed by atoms with Gasteiger partial charge >= 0.3 is 11.7 Å². The fourth-order valence-electron chi connectivity index (χ4n) is 1.72. The molecule has 0 aliphatic rings. The van der Waals surface area contributed by atoms with E-state index in [1.54, 1.807) is 0 Å². The zero-order valence-corrected chi connectivity index (χ0v) is 11.5. The van der Waals surface area contributed by atoms with Crippen molar-refractivity contribution < 1.29 is 14.8 Å². The van der Waals surface area contributed by atoms with E-state index in [1.165, 1.54) is 0 Å². The van der Waals surface area contributed by atoms with Crippen molar-refractivity contribution in [2.75, 3.05) is 31.5 Å². The number of nitrogens with one attached hydrogen (secondary N) is 1. The first-order valence-electron chi connectivity index (χ1n) is 6.33. The van der Waals surface area contributed by atoms with Crippen LogP contribution in [0.5, 0.6) is 0 Å². The third kappa shape index (κ3) is 4.16. The first-order valence-corrected chi connectivity index (χ1v) is 6.33. The number of nitrogens with zero attached hydrogens (tertiary/aromatic N) is 3. The normalized spacial score (nSPS) is 10.6. The number of aromatic carboxylic acids is 1. The summed E-state index contributed by atoms with van der Waals surface area (Å²) < 4.78 is 0. The molecule has 0 aliphatic heterocycles. The summed E-state index contributed by atoms with van der Waals surface area (Å²) in [4.78, 5) is 27.0. The van der Waals surface area contributed by atoms with Crippen LogP contribution in [0, 0.1) is 10.1 Å². The lowest BCUT2D eigenvalue weighted by atomic mass is 10.2. The number of likely N-dealkylation sites (N-methyl/N-ethyl adjacent to an activating group) is 1. The molecule has 1 aromatic heterocycles. The predicted octanol–water partition coefficient (Wildman–Crippen LogP) is 1.44. The van der Waals surface area contributed by atoms with E-state index in [1.807, 2.05) is 13.8 Å². The highest BCUT2D eigenvalue weighted by Crippen LogP contribution is 2.22. The fraction of sp³-hybridized carbons (Fsp3) is 0.500. The summed E-state index contributed by atoms with van der Waals surface area (Å²) in [6, 6.07) is 1.01. The number of nitro groups is 1. The summed E-state index contributed by atoms with van der Waals surface area (Å²) >= 11 is 0. The molecule has 8 nitrogen and oxygen atoms in total. The second kappa shape index (κ2) is 7.39. The number of hydrogen-bond acceptors (Lipinski definition) is 6. The van der Waals surface area contributed by atoms with Crippen molar-refractivity contribution in [2.45, 2.75) is 13.8 Å². The molecular weight excluding hydrogens is 264 g/mol. The number of aromatic nitrogens is 1. The molecule has 1 rings (SSSR count). The molecule has 0 amide bonds. The highest BCUT2D eigenvalue weighted by atomic mass is 16.6. The third-order valence-electron chi connectivity index (χ3n) is 2.93. The van der Waals surface area contributed by atoms with E-state index in [9.17, 15) is 14.9 Å². The molecule has 20 heavy (non-hydrogen) atoms. The van der Waals surface area contributed by atoms with Gasteiger partial charge in [0.05, 0.1) is 10.5 Å². The summed E-state index contributed by atoms with van der Waals surface area (Å²) in [6.07, 6.45) is 1.11. The standard InChI is InChI=1S/C12H18N4O4/c1-3-15(4-2)6-5-13-11-10(16(19)20)7-9(8-14-11)12(17)18/h7-8H,3-6H2,1-2H3,(H,13,14)(H,17,18). The Bertz CT molecular complexity index is 488. The summed E-state index contributed by atoms with van der Waals surface area (Å²) in [6.45, 7) is 7.09. The zero-order valence-electron chi connectivity index (χ0n) is 11.5. The maximum Gasteiger partial charge on any atom is 0.337 e. The summed E-state index contributed by atoms with van der Waals surface area (Å²) in [5, 5.41) is 22.6. The Morgan fingerprint density at radius 2 is 2.15 bits per heavy atom. The molecule has 0 atom stereocenters. The minimum absolute atomic E-state index is 0.0900. The van der Waals surface area contributed by atoms with Crippen molar-refractivity contribution in [1.82, 2.24) is 9.88 Å². The van der Waals surface area contributed by atoms with Crippen LogP contribution in [-0.4, -0.2) is 52.1 Å². The lowest BCUT2D eigenvalue weighted by Crippen LogP contribution is -2.28. The topological polar surface area (TPSA) is 109 Å². The Morgan fingerprint density at radius 1 is 1.50 bits per heavy atom. The second-order valence-corrected chi connectivity index (χ2v) is 4.11. The number of anilines is 1. The van der Waals surface area contributed by atoms with Gasteiger partial charge in [-0.1, -0.05) is 13.8 Å². The number of rotatable bonds is 8. The van der Waals surface area contributed by atoms with Gasteiger partial charge in [-0.25, -0.2) is 9.78 Å². The summed E-state index contributed by atoms with van der Waals surface area (Å²) in [7, 11) is 0. The molecular formula is C12H18N4O4. The average Bonchev–Trinajstić information content (AvgIpc) is 2.43. The maximum absolute atomic E-state index is 10.9. The molecule has 0 aliphatic carbocycles. The van der Waals surface area contributed by atoms with E-state index in [2.05, 4.69) is 15.2 Å². The van der Waals surface area contributed by atoms with Crippen LogP contribution in [0.1, 0.15) is 24.2 Å². The van der Waals surface area contributed by atoms with E-state index < -0.39 is 10.9 Å². The number of carbonyl (C=O) groups is 1. The number of carboxylic acids is 1. The Morgan fingerprint density at radius 3 is 2.65 bits per heavy atom.